The summed E-state index contributed by atoms with van der Waals surface area (Å²) in [6.45, 7) is 8.25. The van der Waals surface area contributed by atoms with Crippen LogP contribution in [0.1, 0.15) is 104 Å². The molecule has 5 nitrogen and oxygen atoms in total. The van der Waals surface area contributed by atoms with Crippen molar-refractivity contribution in [2.24, 2.45) is 5.41 Å². The SMILES string of the molecule is CC(C)(C)OC(=O)N(O)C(C)(C)c1ccc2c(C(F)(F)F)c(OC3CCC4(CCCCC4)CC3)ccc2c1. The van der Waals surface area contributed by atoms with Crippen LogP contribution in [-0.4, -0.2) is 28.1 Å². The van der Waals surface area contributed by atoms with Crippen molar-refractivity contribution in [3.63, 3.8) is 0 Å². The monoisotopic (exact) mass is 535 g/mol. The minimum atomic E-state index is -4.61. The van der Waals surface area contributed by atoms with E-state index in [0.717, 1.165) is 25.7 Å². The number of rotatable bonds is 4. The smallest absolute Gasteiger partial charge is 0.435 e. The summed E-state index contributed by atoms with van der Waals surface area (Å²) in [6.07, 6.45) is 4.04. The van der Waals surface area contributed by atoms with Crippen LogP contribution in [0.2, 0.25) is 0 Å². The van der Waals surface area contributed by atoms with E-state index in [0.29, 0.717) is 21.4 Å². The number of hydroxylamine groups is 2. The van der Waals surface area contributed by atoms with Gasteiger partial charge in [-0.1, -0.05) is 37.5 Å². The Kier molecular flexibility index (Phi) is 7.69. The molecule has 2 fully saturated rings. The van der Waals surface area contributed by atoms with Crippen molar-refractivity contribution in [1.29, 1.82) is 0 Å². The normalized spacial score (nSPS) is 19.0. The van der Waals surface area contributed by atoms with Crippen LogP contribution in [-0.2, 0) is 16.5 Å². The predicted molar refractivity (Wildman–Crippen MR) is 140 cm³/mol. The van der Waals surface area contributed by atoms with E-state index in [1.165, 1.54) is 50.3 Å². The van der Waals surface area contributed by atoms with Crippen LogP contribution in [0, 0.1) is 5.41 Å². The molecule has 0 aromatic heterocycles. The average Bonchev–Trinajstić information content (AvgIpc) is 2.83. The highest BCUT2D eigenvalue weighted by Crippen LogP contribution is 2.49. The lowest BCUT2D eigenvalue weighted by Gasteiger charge is -2.43. The highest BCUT2D eigenvalue weighted by Gasteiger charge is 2.41. The summed E-state index contributed by atoms with van der Waals surface area (Å²) in [6, 6.07) is 7.47. The van der Waals surface area contributed by atoms with Gasteiger partial charge in [0.15, 0.2) is 0 Å². The topological polar surface area (TPSA) is 59.0 Å². The quantitative estimate of drug-likeness (QED) is 0.313. The molecule has 1 spiro atoms. The van der Waals surface area contributed by atoms with Crippen molar-refractivity contribution in [2.45, 2.75) is 116 Å². The molecule has 0 radical (unpaired) electrons. The maximum Gasteiger partial charge on any atom is 0.435 e. The lowest BCUT2D eigenvalue weighted by molar-refractivity contribution is -0.151. The number of halogens is 3. The third-order valence-electron chi connectivity index (χ3n) is 8.27. The van der Waals surface area contributed by atoms with Gasteiger partial charge in [0, 0.05) is 0 Å². The molecule has 2 aromatic rings. The van der Waals surface area contributed by atoms with Crippen LogP contribution in [0.3, 0.4) is 0 Å². The van der Waals surface area contributed by atoms with E-state index < -0.39 is 29.0 Å². The molecule has 2 saturated carbocycles. The Morgan fingerprint density at radius 3 is 2.16 bits per heavy atom. The van der Waals surface area contributed by atoms with Crippen molar-refractivity contribution in [3.8, 4) is 5.75 Å². The Labute approximate surface area is 223 Å². The third-order valence-corrected chi connectivity index (χ3v) is 8.27. The Bertz CT molecular complexity index is 1150. The van der Waals surface area contributed by atoms with E-state index in [2.05, 4.69) is 0 Å². The van der Waals surface area contributed by atoms with E-state index in [-0.39, 0.29) is 17.2 Å². The molecule has 0 heterocycles. The van der Waals surface area contributed by atoms with Crippen molar-refractivity contribution in [3.05, 3.63) is 41.5 Å². The minimum Gasteiger partial charge on any atom is -0.490 e. The fourth-order valence-electron chi connectivity index (χ4n) is 6.04. The van der Waals surface area contributed by atoms with Gasteiger partial charge in [0.1, 0.15) is 16.9 Å². The van der Waals surface area contributed by atoms with Gasteiger partial charge in [0.2, 0.25) is 0 Å². The molecule has 38 heavy (non-hydrogen) atoms. The summed E-state index contributed by atoms with van der Waals surface area (Å²) in [5.74, 6) is -0.140. The number of hydrogen-bond donors (Lipinski definition) is 1. The van der Waals surface area contributed by atoms with Gasteiger partial charge >= 0.3 is 12.3 Å². The first-order valence-electron chi connectivity index (χ1n) is 13.6. The molecule has 1 amide bonds. The van der Waals surface area contributed by atoms with Crippen molar-refractivity contribution in [2.75, 3.05) is 0 Å². The molecule has 0 unspecified atom stereocenters. The largest absolute Gasteiger partial charge is 0.490 e. The lowest BCUT2D eigenvalue weighted by Crippen LogP contribution is -2.45. The number of amides is 1. The second-order valence-electron chi connectivity index (χ2n) is 12.6. The molecule has 1 N–H and O–H groups in total. The van der Waals surface area contributed by atoms with Crippen LogP contribution in [0.15, 0.2) is 30.3 Å². The van der Waals surface area contributed by atoms with Gasteiger partial charge in [-0.2, -0.15) is 18.2 Å². The van der Waals surface area contributed by atoms with Gasteiger partial charge in [-0.05, 0) is 107 Å². The molecule has 4 rings (SSSR count). The van der Waals surface area contributed by atoms with Crippen molar-refractivity contribution < 1.29 is 32.6 Å². The van der Waals surface area contributed by atoms with Crippen LogP contribution >= 0.6 is 0 Å². The average molecular weight is 536 g/mol. The van der Waals surface area contributed by atoms with Crippen molar-refractivity contribution >= 4 is 16.9 Å². The first kappa shape index (κ1) is 28.5. The maximum atomic E-state index is 14.4. The molecule has 0 saturated heterocycles. The van der Waals surface area contributed by atoms with Crippen LogP contribution in [0.5, 0.6) is 5.75 Å². The van der Waals surface area contributed by atoms with Gasteiger partial charge in [0.05, 0.1) is 11.6 Å². The number of benzene rings is 2. The molecule has 2 aliphatic rings. The van der Waals surface area contributed by atoms with Crippen LogP contribution in [0.25, 0.3) is 10.8 Å². The fourth-order valence-corrected chi connectivity index (χ4v) is 6.04. The van der Waals surface area contributed by atoms with Gasteiger partial charge in [-0.25, -0.2) is 4.79 Å². The number of carbonyl (C=O) groups excluding carboxylic acids is 1. The summed E-state index contributed by atoms with van der Waals surface area (Å²) in [4.78, 5) is 12.4. The van der Waals surface area contributed by atoms with Gasteiger partial charge in [0.25, 0.3) is 0 Å². The number of carbonyl (C=O) groups is 1. The Hall–Kier alpha value is -2.48. The zero-order chi connectivity index (χ0) is 27.9. The maximum absolute atomic E-state index is 14.4. The van der Waals surface area contributed by atoms with Gasteiger partial charge in [-0.15, -0.1) is 0 Å². The molecular weight excluding hydrogens is 495 g/mol. The Balaban J connectivity index is 1.59. The molecule has 210 valence electrons. The third kappa shape index (κ3) is 6.05. The fraction of sp³-hybridized carbons (Fsp3) is 0.633. The summed E-state index contributed by atoms with van der Waals surface area (Å²) in [7, 11) is 0. The van der Waals surface area contributed by atoms with E-state index in [4.69, 9.17) is 9.47 Å². The summed E-state index contributed by atoms with van der Waals surface area (Å²) >= 11 is 0. The Morgan fingerprint density at radius 1 is 0.947 bits per heavy atom. The highest BCUT2D eigenvalue weighted by atomic mass is 19.4. The summed E-state index contributed by atoms with van der Waals surface area (Å²) in [5, 5.41) is 11.4. The molecule has 2 aliphatic carbocycles. The molecule has 0 bridgehead atoms. The Morgan fingerprint density at radius 2 is 1.58 bits per heavy atom. The van der Waals surface area contributed by atoms with E-state index in [1.54, 1.807) is 46.8 Å². The van der Waals surface area contributed by atoms with E-state index >= 15 is 0 Å². The minimum absolute atomic E-state index is 0.0240. The van der Waals surface area contributed by atoms with E-state index in [1.807, 2.05) is 0 Å². The zero-order valence-electron chi connectivity index (χ0n) is 23.1. The highest BCUT2D eigenvalue weighted by molar-refractivity contribution is 5.89. The molecule has 8 heteroatoms. The molecular formula is C30H40F3NO4. The number of nitrogens with zero attached hydrogens (tertiary/aromatic N) is 1. The number of alkyl halides is 3. The zero-order valence-corrected chi connectivity index (χ0v) is 23.1. The number of ether oxygens (including phenoxy) is 2. The number of hydrogen-bond acceptors (Lipinski definition) is 4. The van der Waals surface area contributed by atoms with E-state index in [9.17, 15) is 23.2 Å². The van der Waals surface area contributed by atoms with Crippen LogP contribution in [0.4, 0.5) is 18.0 Å². The summed E-state index contributed by atoms with van der Waals surface area (Å²) < 4.78 is 54.4. The van der Waals surface area contributed by atoms with Crippen molar-refractivity contribution in [1.82, 2.24) is 5.06 Å². The first-order chi connectivity index (χ1) is 17.6. The summed E-state index contributed by atoms with van der Waals surface area (Å²) in [5.41, 5.74) is -2.03. The predicted octanol–water partition coefficient (Wildman–Crippen LogP) is 8.99. The second kappa shape index (κ2) is 10.2. The first-order valence-corrected chi connectivity index (χ1v) is 13.6. The number of fused-ring (bicyclic) bond motifs is 1. The van der Waals surface area contributed by atoms with Gasteiger partial charge in [-0.3, -0.25) is 5.21 Å². The molecule has 2 aromatic carbocycles. The lowest BCUT2D eigenvalue weighted by atomic mass is 9.65. The standard InChI is InChI=1S/C30H40F3NO4/c1-27(2,3)38-26(35)34(36)28(4,5)21-10-11-23-20(19-21)9-12-24(25(23)30(31,32)33)37-22-13-17-29(18-14-22)15-7-6-8-16-29/h9-12,19,22,36H,6-8,13-18H2,1-5H3. The molecule has 0 aliphatic heterocycles. The molecule has 0 atom stereocenters. The van der Waals surface area contributed by atoms with Gasteiger partial charge < -0.3 is 9.47 Å². The second-order valence-corrected chi connectivity index (χ2v) is 12.6. The van der Waals surface area contributed by atoms with Crippen LogP contribution < -0.4 is 4.74 Å².